The first-order valence-electron chi connectivity index (χ1n) is 11.0. The Labute approximate surface area is 245 Å². The van der Waals surface area contributed by atoms with Gasteiger partial charge in [-0.1, -0.05) is 18.2 Å². The van der Waals surface area contributed by atoms with E-state index < -0.39 is 5.97 Å². The van der Waals surface area contributed by atoms with Gasteiger partial charge in [0.05, 0.1) is 34.9 Å². The summed E-state index contributed by atoms with van der Waals surface area (Å²) < 4.78 is 7.88. The van der Waals surface area contributed by atoms with Crippen LogP contribution in [0.25, 0.3) is 6.08 Å². The van der Waals surface area contributed by atoms with Gasteiger partial charge in [0.1, 0.15) is 12.4 Å². The number of aliphatic imine (C=N–C) groups is 1. The lowest BCUT2D eigenvalue weighted by atomic mass is 10.1. The summed E-state index contributed by atoms with van der Waals surface area (Å²) in [7, 11) is 0. The molecule has 0 spiro atoms. The molecule has 0 radical (unpaired) electrons. The molecule has 0 aromatic heterocycles. The summed E-state index contributed by atoms with van der Waals surface area (Å²) in [6, 6.07) is 19.6. The van der Waals surface area contributed by atoms with Gasteiger partial charge >= 0.3 is 5.97 Å². The predicted octanol–water partition coefficient (Wildman–Crippen LogP) is 6.67. The van der Waals surface area contributed by atoms with Crippen LogP contribution in [0.2, 0.25) is 0 Å². The minimum absolute atomic E-state index is 0.139. The summed E-state index contributed by atoms with van der Waals surface area (Å²) in [5.74, 6) is -0.417. The number of aromatic carboxylic acids is 1. The van der Waals surface area contributed by atoms with Crippen molar-refractivity contribution in [2.45, 2.75) is 13.5 Å². The number of amidine groups is 1. The number of carboxylic acids is 1. The van der Waals surface area contributed by atoms with E-state index in [0.717, 1.165) is 24.0 Å². The zero-order valence-electron chi connectivity index (χ0n) is 19.4. The van der Waals surface area contributed by atoms with E-state index in [1.165, 1.54) is 23.9 Å². The van der Waals surface area contributed by atoms with Crippen LogP contribution in [0, 0.1) is 18.5 Å². The number of nitrogens with zero attached hydrogens (tertiary/aromatic N) is 3. The Hall–Kier alpha value is -2.89. The predicted molar refractivity (Wildman–Crippen MR) is 161 cm³/mol. The molecule has 1 aliphatic heterocycles. The molecule has 186 valence electrons. The average molecular weight is 735 g/mol. The summed E-state index contributed by atoms with van der Waals surface area (Å²) in [5, 5.41) is 18.7. The van der Waals surface area contributed by atoms with Crippen molar-refractivity contribution in [2.24, 2.45) is 4.99 Å². The van der Waals surface area contributed by atoms with Gasteiger partial charge < -0.3 is 9.84 Å². The number of carbonyl (C=O) groups is 2. The van der Waals surface area contributed by atoms with Crippen LogP contribution in [0.5, 0.6) is 5.75 Å². The molecule has 1 amide bonds. The van der Waals surface area contributed by atoms with E-state index in [2.05, 4.69) is 56.2 Å². The molecule has 1 saturated heterocycles. The topological polar surface area (TPSA) is 103 Å². The molecule has 0 bridgehead atoms. The van der Waals surface area contributed by atoms with E-state index in [4.69, 9.17) is 10.00 Å². The van der Waals surface area contributed by atoms with Crippen molar-refractivity contribution in [3.8, 4) is 11.8 Å². The van der Waals surface area contributed by atoms with Crippen LogP contribution in [0.3, 0.4) is 0 Å². The van der Waals surface area contributed by atoms with Gasteiger partial charge in [-0.05, 0) is 124 Å². The number of ether oxygens (including phenoxy) is 1. The van der Waals surface area contributed by atoms with E-state index in [1.54, 1.807) is 29.2 Å². The van der Waals surface area contributed by atoms with Crippen LogP contribution >= 0.6 is 56.9 Å². The van der Waals surface area contributed by atoms with Crippen molar-refractivity contribution in [2.75, 3.05) is 6.54 Å². The zero-order valence-corrected chi connectivity index (χ0v) is 24.6. The Kier molecular flexibility index (Phi) is 8.88. The Morgan fingerprint density at radius 3 is 2.49 bits per heavy atom. The lowest BCUT2D eigenvalue weighted by Crippen LogP contribution is -2.28. The monoisotopic (exact) mass is 735 g/mol. The Morgan fingerprint density at radius 1 is 1.16 bits per heavy atom. The van der Waals surface area contributed by atoms with Gasteiger partial charge in [-0.25, -0.2) is 9.79 Å². The highest BCUT2D eigenvalue weighted by Crippen LogP contribution is 2.36. The Balaban J connectivity index is 1.55. The van der Waals surface area contributed by atoms with Crippen LogP contribution in [-0.4, -0.2) is 33.6 Å². The fourth-order valence-corrected chi connectivity index (χ4v) is 6.66. The molecule has 1 heterocycles. The number of hydrogen-bond donors (Lipinski definition) is 1. The molecular weight excluding hydrogens is 716 g/mol. The highest BCUT2D eigenvalue weighted by Gasteiger charge is 2.32. The minimum Gasteiger partial charge on any atom is -0.487 e. The van der Waals surface area contributed by atoms with Gasteiger partial charge in [-0.3, -0.25) is 9.69 Å². The van der Waals surface area contributed by atoms with Gasteiger partial charge in [0, 0.05) is 6.54 Å². The maximum absolute atomic E-state index is 13.1. The molecule has 1 aliphatic rings. The summed E-state index contributed by atoms with van der Waals surface area (Å²) in [5.41, 5.74) is 3.04. The first-order chi connectivity index (χ1) is 17.8. The van der Waals surface area contributed by atoms with E-state index >= 15 is 0 Å². The number of rotatable bonds is 7. The second-order valence-electron chi connectivity index (χ2n) is 7.82. The van der Waals surface area contributed by atoms with Crippen LogP contribution in [0.15, 0.2) is 70.6 Å². The minimum atomic E-state index is -1.03. The molecule has 37 heavy (non-hydrogen) atoms. The first kappa shape index (κ1) is 27.2. The molecule has 0 aliphatic carbocycles. The smallest absolute Gasteiger partial charge is 0.335 e. The Bertz CT molecular complexity index is 1460. The van der Waals surface area contributed by atoms with Crippen LogP contribution in [0.4, 0.5) is 5.69 Å². The second-order valence-corrected chi connectivity index (χ2v) is 11.2. The molecule has 3 aromatic carbocycles. The van der Waals surface area contributed by atoms with Crippen molar-refractivity contribution in [1.29, 1.82) is 5.26 Å². The standard InChI is InChI=1S/C27H19I2N3O4S/c1-2-32-25(33)23(37-27(32)31-20-5-3-4-19(13-20)26(34)35)12-18-10-21(28)24(22(29)11-18)36-15-17-8-6-16(14-30)7-9-17/h3-13H,2,15H2,1H3,(H,34,35)/b23-12+,31-27?. The quantitative estimate of drug-likeness (QED) is 0.215. The molecule has 10 heteroatoms. The van der Waals surface area contributed by atoms with Crippen LogP contribution in [-0.2, 0) is 11.4 Å². The molecule has 0 saturated carbocycles. The third-order valence-corrected chi connectivity index (χ3v) is 7.92. The normalized spacial score (nSPS) is 15.3. The Morgan fingerprint density at radius 2 is 1.86 bits per heavy atom. The number of hydrogen-bond acceptors (Lipinski definition) is 6. The highest BCUT2D eigenvalue weighted by atomic mass is 127. The van der Waals surface area contributed by atoms with Gasteiger partial charge in [0.2, 0.25) is 0 Å². The van der Waals surface area contributed by atoms with E-state index in [0.29, 0.717) is 34.5 Å². The fourth-order valence-electron chi connectivity index (χ4n) is 3.47. The molecule has 4 rings (SSSR count). The third-order valence-electron chi connectivity index (χ3n) is 5.31. The van der Waals surface area contributed by atoms with Crippen LogP contribution < -0.4 is 4.74 Å². The molecule has 3 aromatic rings. The second kappa shape index (κ2) is 12.1. The summed E-state index contributed by atoms with van der Waals surface area (Å²) in [6.07, 6.45) is 1.83. The molecule has 0 unspecified atom stereocenters. The van der Waals surface area contributed by atoms with Crippen molar-refractivity contribution in [3.05, 3.63) is 95.0 Å². The average Bonchev–Trinajstić information content (AvgIpc) is 3.17. The van der Waals surface area contributed by atoms with Gasteiger partial charge in [-0.15, -0.1) is 0 Å². The van der Waals surface area contributed by atoms with Crippen molar-refractivity contribution >= 4 is 85.8 Å². The van der Waals surface area contributed by atoms with Crippen molar-refractivity contribution < 1.29 is 19.4 Å². The molecule has 7 nitrogen and oxygen atoms in total. The number of carbonyl (C=O) groups excluding carboxylic acids is 1. The number of thioether (sulfide) groups is 1. The number of likely N-dealkylation sites (N-methyl/N-ethyl adjacent to an activating group) is 1. The maximum atomic E-state index is 13.1. The number of halogens is 2. The molecule has 1 fully saturated rings. The first-order valence-corrected chi connectivity index (χ1v) is 14.0. The summed E-state index contributed by atoms with van der Waals surface area (Å²) in [4.78, 5) is 31.0. The number of carboxylic acid groups (broad SMARTS) is 1. The fraction of sp³-hybridized carbons (Fsp3) is 0.111. The van der Waals surface area contributed by atoms with Gasteiger partial charge in [-0.2, -0.15) is 5.26 Å². The lowest BCUT2D eigenvalue weighted by molar-refractivity contribution is -0.122. The number of amides is 1. The molecule has 0 atom stereocenters. The molecule has 1 N–H and O–H groups in total. The summed E-state index contributed by atoms with van der Waals surface area (Å²) >= 11 is 5.70. The van der Waals surface area contributed by atoms with Gasteiger partial charge in [0.15, 0.2) is 5.17 Å². The van der Waals surface area contributed by atoms with Gasteiger partial charge in [0.25, 0.3) is 5.91 Å². The third kappa shape index (κ3) is 6.52. The van der Waals surface area contributed by atoms with Crippen LogP contribution in [0.1, 0.15) is 34.0 Å². The van der Waals surface area contributed by atoms with E-state index in [1.807, 2.05) is 37.3 Å². The molecular formula is C27H19I2N3O4S. The summed E-state index contributed by atoms with van der Waals surface area (Å²) in [6.45, 7) is 2.69. The largest absolute Gasteiger partial charge is 0.487 e. The SMILES string of the molecule is CCN1C(=O)/C(=C\c2cc(I)c(OCc3ccc(C#N)cc3)c(I)c2)SC1=Nc1cccc(C(=O)O)c1. The number of benzene rings is 3. The lowest BCUT2D eigenvalue weighted by Gasteiger charge is -2.12. The van der Waals surface area contributed by atoms with E-state index in [-0.39, 0.29) is 11.5 Å². The van der Waals surface area contributed by atoms with Crippen molar-refractivity contribution in [1.82, 2.24) is 4.90 Å². The maximum Gasteiger partial charge on any atom is 0.335 e. The highest BCUT2D eigenvalue weighted by molar-refractivity contribution is 14.1. The zero-order chi connectivity index (χ0) is 26.5. The van der Waals surface area contributed by atoms with E-state index in [9.17, 15) is 14.7 Å². The number of nitriles is 1. The van der Waals surface area contributed by atoms with Crippen molar-refractivity contribution in [3.63, 3.8) is 0 Å².